The van der Waals surface area contributed by atoms with Crippen molar-refractivity contribution in [2.24, 2.45) is 5.11 Å². The average Bonchev–Trinajstić information content (AvgIpc) is 3.11. The molecule has 3 rings (SSSR count). The van der Waals surface area contributed by atoms with E-state index in [0.29, 0.717) is 30.1 Å². The van der Waals surface area contributed by atoms with E-state index in [0.717, 1.165) is 0 Å². The normalized spacial score (nSPS) is 23.8. The van der Waals surface area contributed by atoms with Crippen molar-refractivity contribution >= 4 is 17.1 Å². The Morgan fingerprint density at radius 2 is 2.43 bits per heavy atom. The lowest BCUT2D eigenvalue weighted by Gasteiger charge is -2.15. The highest BCUT2D eigenvalue weighted by atomic mass is 16.5. The van der Waals surface area contributed by atoms with Crippen LogP contribution in [0.2, 0.25) is 0 Å². The van der Waals surface area contributed by atoms with E-state index in [1.807, 2.05) is 6.92 Å². The highest BCUT2D eigenvalue weighted by Crippen LogP contribution is 2.35. The molecule has 1 saturated heterocycles. The fourth-order valence-corrected chi connectivity index (χ4v) is 2.62. The lowest BCUT2D eigenvalue weighted by Crippen LogP contribution is -2.22. The van der Waals surface area contributed by atoms with Gasteiger partial charge in [-0.25, -0.2) is 4.98 Å². The van der Waals surface area contributed by atoms with E-state index in [-0.39, 0.29) is 12.6 Å². The van der Waals surface area contributed by atoms with E-state index in [1.165, 1.54) is 0 Å². The summed E-state index contributed by atoms with van der Waals surface area (Å²) in [5.41, 5.74) is 15.2. The minimum atomic E-state index is -0.571. The van der Waals surface area contributed by atoms with Crippen LogP contribution in [-0.4, -0.2) is 50.0 Å². The number of aromatic nitrogens is 4. The number of anilines is 1. The van der Waals surface area contributed by atoms with Gasteiger partial charge in [0.2, 0.25) is 11.8 Å². The first kappa shape index (κ1) is 15.3. The Morgan fingerprint density at radius 1 is 1.61 bits per heavy atom. The van der Waals surface area contributed by atoms with E-state index < -0.39 is 18.4 Å². The zero-order valence-corrected chi connectivity index (χ0v) is 12.4. The Kier molecular flexibility index (Phi) is 4.15. The summed E-state index contributed by atoms with van der Waals surface area (Å²) in [7, 11) is 0. The van der Waals surface area contributed by atoms with Gasteiger partial charge in [0.25, 0.3) is 0 Å². The van der Waals surface area contributed by atoms with Crippen LogP contribution in [0.5, 0.6) is 5.88 Å². The molecule has 1 fully saturated rings. The number of fused-ring (bicyclic) bond motifs is 1. The molecule has 0 bridgehead atoms. The molecule has 3 N–H and O–H groups in total. The summed E-state index contributed by atoms with van der Waals surface area (Å²) in [4.78, 5) is 15.2. The van der Waals surface area contributed by atoms with Gasteiger partial charge in [-0.15, -0.1) is 0 Å². The van der Waals surface area contributed by atoms with Gasteiger partial charge >= 0.3 is 0 Å². The van der Waals surface area contributed by atoms with Gasteiger partial charge in [-0.05, 0) is 12.5 Å². The number of nitrogen functional groups attached to an aromatic ring is 1. The number of aliphatic hydroxyl groups excluding tert-OH is 1. The molecule has 11 nitrogen and oxygen atoms in total. The van der Waals surface area contributed by atoms with Crippen LogP contribution in [0.15, 0.2) is 11.4 Å². The number of nitrogens with zero attached hydrogens (tertiary/aromatic N) is 7. The van der Waals surface area contributed by atoms with Crippen molar-refractivity contribution in [3.8, 4) is 5.88 Å². The maximum absolute atomic E-state index is 9.37. The number of azide groups is 1. The Bertz CT molecular complexity index is 756. The molecule has 11 heteroatoms. The van der Waals surface area contributed by atoms with Crippen LogP contribution in [-0.2, 0) is 4.74 Å². The van der Waals surface area contributed by atoms with Gasteiger partial charge in [0, 0.05) is 11.3 Å². The quantitative estimate of drug-likeness (QED) is 0.467. The summed E-state index contributed by atoms with van der Waals surface area (Å²) in [5, 5.41) is 13.0. The maximum atomic E-state index is 9.37. The van der Waals surface area contributed by atoms with Crippen molar-refractivity contribution in [3.05, 3.63) is 16.8 Å². The molecule has 1 aliphatic rings. The molecule has 0 unspecified atom stereocenters. The number of hydrogen-bond acceptors (Lipinski definition) is 8. The third-order valence-electron chi connectivity index (χ3n) is 3.59. The second-order valence-corrected chi connectivity index (χ2v) is 4.96. The SMILES string of the molecule is CCOc1nc(N)nc2ncn([C@H]3C[C@H](N=[N+]=[N-])[C@@H](CO)O3)c12. The second-order valence-electron chi connectivity index (χ2n) is 4.96. The first-order valence-electron chi connectivity index (χ1n) is 7.11. The van der Waals surface area contributed by atoms with Crippen LogP contribution in [0, 0.1) is 0 Å². The van der Waals surface area contributed by atoms with Crippen LogP contribution < -0.4 is 10.5 Å². The zero-order chi connectivity index (χ0) is 16.4. The average molecular weight is 320 g/mol. The van der Waals surface area contributed by atoms with E-state index in [9.17, 15) is 5.11 Å². The predicted octanol–water partition coefficient (Wildman–Crippen LogP) is 0.766. The Balaban J connectivity index is 2.02. The van der Waals surface area contributed by atoms with Gasteiger partial charge in [-0.1, -0.05) is 5.11 Å². The first-order chi connectivity index (χ1) is 11.2. The molecule has 3 heterocycles. The molecule has 2 aromatic heterocycles. The van der Waals surface area contributed by atoms with Crippen molar-refractivity contribution < 1.29 is 14.6 Å². The molecule has 0 spiro atoms. The van der Waals surface area contributed by atoms with Crippen molar-refractivity contribution in [2.75, 3.05) is 18.9 Å². The van der Waals surface area contributed by atoms with Gasteiger partial charge in [0.1, 0.15) is 6.23 Å². The lowest BCUT2D eigenvalue weighted by atomic mass is 10.1. The standard InChI is InChI=1S/C12H16N8O3/c1-2-22-11-9-10(16-12(13)17-11)15-5-20(9)8-3-6(18-19-14)7(4-21)23-8/h5-8,21H,2-4H2,1H3,(H2,13,16,17)/t6-,7+,8+/m0/s1. The van der Waals surface area contributed by atoms with Crippen LogP contribution >= 0.6 is 0 Å². The fourth-order valence-electron chi connectivity index (χ4n) is 2.62. The van der Waals surface area contributed by atoms with Gasteiger partial charge < -0.3 is 20.3 Å². The van der Waals surface area contributed by atoms with Crippen LogP contribution in [0.25, 0.3) is 21.6 Å². The molecule has 0 aliphatic carbocycles. The van der Waals surface area contributed by atoms with Gasteiger partial charge in [0.05, 0.1) is 31.7 Å². The van der Waals surface area contributed by atoms with Crippen molar-refractivity contribution in [1.82, 2.24) is 19.5 Å². The van der Waals surface area contributed by atoms with Crippen LogP contribution in [0.3, 0.4) is 0 Å². The Hall–Kier alpha value is -2.62. The predicted molar refractivity (Wildman–Crippen MR) is 79.5 cm³/mol. The monoisotopic (exact) mass is 320 g/mol. The van der Waals surface area contributed by atoms with Crippen molar-refractivity contribution in [1.29, 1.82) is 0 Å². The Morgan fingerprint density at radius 3 is 3.13 bits per heavy atom. The van der Waals surface area contributed by atoms with Gasteiger partial charge in [-0.2, -0.15) is 9.97 Å². The number of ether oxygens (including phenoxy) is 2. The smallest absolute Gasteiger partial charge is 0.245 e. The molecule has 3 atom stereocenters. The number of nitrogens with two attached hydrogens (primary N) is 1. The highest BCUT2D eigenvalue weighted by molar-refractivity contribution is 5.77. The largest absolute Gasteiger partial charge is 0.476 e. The summed E-state index contributed by atoms with van der Waals surface area (Å²) in [6, 6.07) is -0.460. The number of rotatable bonds is 5. The molecule has 0 amide bonds. The molecule has 122 valence electrons. The highest BCUT2D eigenvalue weighted by Gasteiger charge is 2.36. The van der Waals surface area contributed by atoms with E-state index in [2.05, 4.69) is 25.0 Å². The third kappa shape index (κ3) is 2.72. The van der Waals surface area contributed by atoms with E-state index in [1.54, 1.807) is 10.9 Å². The minimum absolute atomic E-state index is 0.0683. The summed E-state index contributed by atoms with van der Waals surface area (Å²) in [6.45, 7) is 1.99. The van der Waals surface area contributed by atoms with Crippen molar-refractivity contribution in [2.45, 2.75) is 31.7 Å². The molecular weight excluding hydrogens is 304 g/mol. The molecule has 0 aromatic carbocycles. The fraction of sp³-hybridized carbons (Fsp3) is 0.583. The van der Waals surface area contributed by atoms with Gasteiger partial charge in [0.15, 0.2) is 11.2 Å². The van der Waals surface area contributed by atoms with Gasteiger partial charge in [-0.3, -0.25) is 4.57 Å². The maximum Gasteiger partial charge on any atom is 0.245 e. The number of aliphatic hydroxyl groups is 1. The Labute approximate surface area is 130 Å². The zero-order valence-electron chi connectivity index (χ0n) is 12.4. The van der Waals surface area contributed by atoms with Crippen LogP contribution in [0.1, 0.15) is 19.6 Å². The van der Waals surface area contributed by atoms with E-state index >= 15 is 0 Å². The lowest BCUT2D eigenvalue weighted by molar-refractivity contribution is -0.0232. The third-order valence-corrected chi connectivity index (χ3v) is 3.59. The number of imidazole rings is 1. The molecule has 0 saturated carbocycles. The molecule has 2 aromatic rings. The number of hydrogen-bond donors (Lipinski definition) is 2. The minimum Gasteiger partial charge on any atom is -0.476 e. The molecule has 23 heavy (non-hydrogen) atoms. The first-order valence-corrected chi connectivity index (χ1v) is 7.11. The molecular formula is C12H16N8O3. The summed E-state index contributed by atoms with van der Waals surface area (Å²) in [5.74, 6) is 0.377. The summed E-state index contributed by atoms with van der Waals surface area (Å²) >= 11 is 0. The topological polar surface area (TPSA) is 157 Å². The summed E-state index contributed by atoms with van der Waals surface area (Å²) < 4.78 is 13.0. The molecule has 0 radical (unpaired) electrons. The summed E-state index contributed by atoms with van der Waals surface area (Å²) in [6.07, 6.45) is 0.896. The van der Waals surface area contributed by atoms with Crippen molar-refractivity contribution in [3.63, 3.8) is 0 Å². The van der Waals surface area contributed by atoms with Crippen LogP contribution in [0.4, 0.5) is 5.95 Å². The second kappa shape index (κ2) is 6.24. The van der Waals surface area contributed by atoms with E-state index in [4.69, 9.17) is 20.7 Å². The molecule has 1 aliphatic heterocycles.